The van der Waals surface area contributed by atoms with Gasteiger partial charge in [-0.1, -0.05) is 25.3 Å². The van der Waals surface area contributed by atoms with Gasteiger partial charge in [-0.15, -0.1) is 0 Å². The molecule has 1 saturated carbocycles. The molecule has 0 saturated heterocycles. The minimum atomic E-state index is -3.83. The van der Waals surface area contributed by atoms with E-state index in [-0.39, 0.29) is 23.1 Å². The van der Waals surface area contributed by atoms with Crippen LogP contribution < -0.4 is 14.8 Å². The van der Waals surface area contributed by atoms with Crippen LogP contribution in [0.2, 0.25) is 0 Å². The first kappa shape index (κ1) is 30.7. The zero-order valence-electron chi connectivity index (χ0n) is 24.2. The van der Waals surface area contributed by atoms with Crippen LogP contribution in [-0.2, 0) is 21.4 Å². The van der Waals surface area contributed by atoms with Crippen molar-refractivity contribution in [3.63, 3.8) is 0 Å². The Bertz CT molecular complexity index is 1320. The van der Waals surface area contributed by atoms with Crippen LogP contribution in [0.25, 0.3) is 11.3 Å². The molecule has 1 aliphatic rings. The summed E-state index contributed by atoms with van der Waals surface area (Å²) >= 11 is 0. The van der Waals surface area contributed by atoms with Crippen LogP contribution in [0.3, 0.4) is 0 Å². The number of sulfonamides is 1. The molecule has 0 unspecified atom stereocenters. The number of carboxylic acid groups (broad SMARTS) is 1. The molecule has 1 aromatic heterocycles. The molecule has 9 nitrogen and oxygen atoms in total. The Morgan fingerprint density at radius 1 is 1.08 bits per heavy atom. The molecule has 0 radical (unpaired) electrons. The van der Waals surface area contributed by atoms with E-state index >= 15 is 0 Å². The molecule has 3 N–H and O–H groups in total. The van der Waals surface area contributed by atoms with Crippen molar-refractivity contribution in [3.05, 3.63) is 35.5 Å². The second kappa shape index (κ2) is 11.7. The zero-order valence-corrected chi connectivity index (χ0v) is 25.0. The predicted molar refractivity (Wildman–Crippen MR) is 152 cm³/mol. The number of carbonyl (C=O) groups is 2. The number of hydrogen-bond donors (Lipinski definition) is 3. The molecule has 39 heavy (non-hydrogen) atoms. The smallest absolute Gasteiger partial charge is 0.310 e. The molecule has 1 amide bonds. The maximum absolute atomic E-state index is 13.2. The minimum absolute atomic E-state index is 0.00903. The van der Waals surface area contributed by atoms with Crippen molar-refractivity contribution in [2.45, 2.75) is 90.6 Å². The largest absolute Gasteiger partial charge is 0.495 e. The molecule has 1 aromatic carbocycles. The lowest BCUT2D eigenvalue weighted by atomic mass is 9.89. The van der Waals surface area contributed by atoms with E-state index in [1.807, 2.05) is 6.92 Å². The van der Waals surface area contributed by atoms with Gasteiger partial charge >= 0.3 is 5.97 Å². The van der Waals surface area contributed by atoms with Gasteiger partial charge in [0.05, 0.1) is 18.1 Å². The van der Waals surface area contributed by atoms with Gasteiger partial charge in [-0.05, 0) is 78.5 Å². The molecule has 1 aliphatic carbocycles. The maximum Gasteiger partial charge on any atom is 0.310 e. The fourth-order valence-electron chi connectivity index (χ4n) is 4.96. The number of rotatable bonds is 10. The molecule has 216 valence electrons. The van der Waals surface area contributed by atoms with E-state index in [9.17, 15) is 23.1 Å². The summed E-state index contributed by atoms with van der Waals surface area (Å²) in [5, 5.41) is 12.2. The molecule has 3 rings (SSSR count). The molecule has 0 aliphatic heterocycles. The number of methoxy groups -OCH3 is 1. The first-order valence-electron chi connectivity index (χ1n) is 13.5. The van der Waals surface area contributed by atoms with Crippen LogP contribution in [0, 0.1) is 18.3 Å². The second-order valence-corrected chi connectivity index (χ2v) is 13.9. The summed E-state index contributed by atoms with van der Waals surface area (Å²) in [7, 11) is -2.40. The number of aliphatic carboxylic acids is 1. The topological polar surface area (TPSA) is 127 Å². The van der Waals surface area contributed by atoms with E-state index in [0.717, 1.165) is 36.3 Å². The number of carbonyl (C=O) groups excluding carboxylic acids is 1. The number of aromatic nitrogens is 1. The number of hydrogen-bond acceptors (Lipinski definition) is 5. The van der Waals surface area contributed by atoms with Crippen LogP contribution in [0.15, 0.2) is 29.2 Å². The highest BCUT2D eigenvalue weighted by molar-refractivity contribution is 7.89. The number of nitrogens with one attached hydrogen (secondary N) is 2. The normalized spacial score (nSPS) is 15.3. The number of benzene rings is 1. The van der Waals surface area contributed by atoms with Crippen molar-refractivity contribution in [2.24, 2.45) is 11.3 Å². The van der Waals surface area contributed by atoms with E-state index in [0.29, 0.717) is 11.5 Å². The van der Waals surface area contributed by atoms with Crippen molar-refractivity contribution in [1.29, 1.82) is 0 Å². The molecular formula is C29H43N3O6S. The third-order valence-electron chi connectivity index (χ3n) is 7.24. The van der Waals surface area contributed by atoms with Gasteiger partial charge in [0.1, 0.15) is 10.6 Å². The Morgan fingerprint density at radius 2 is 1.72 bits per heavy atom. The third-order valence-corrected chi connectivity index (χ3v) is 9.03. The Kier molecular flexibility index (Phi) is 9.22. The summed E-state index contributed by atoms with van der Waals surface area (Å²) in [5.74, 6) is -0.645. The molecule has 1 fully saturated rings. The van der Waals surface area contributed by atoms with Crippen molar-refractivity contribution in [3.8, 4) is 17.0 Å². The molecular weight excluding hydrogens is 518 g/mol. The summed E-state index contributed by atoms with van der Waals surface area (Å²) in [6.07, 6.45) is 5.82. The van der Waals surface area contributed by atoms with Crippen molar-refractivity contribution in [1.82, 2.24) is 14.6 Å². The minimum Gasteiger partial charge on any atom is -0.495 e. The van der Waals surface area contributed by atoms with Crippen LogP contribution >= 0.6 is 0 Å². The summed E-state index contributed by atoms with van der Waals surface area (Å²) in [4.78, 5) is 24.8. The molecule has 0 bridgehead atoms. The number of carboxylic acids is 1. The van der Waals surface area contributed by atoms with E-state index < -0.39 is 26.9 Å². The fourth-order valence-corrected chi connectivity index (χ4v) is 6.53. The van der Waals surface area contributed by atoms with E-state index in [1.54, 1.807) is 52.8 Å². The van der Waals surface area contributed by atoms with Crippen LogP contribution in [0.4, 0.5) is 0 Å². The molecule has 1 heterocycles. The van der Waals surface area contributed by atoms with Crippen LogP contribution in [0.1, 0.15) is 82.8 Å². The first-order chi connectivity index (χ1) is 18.1. The number of ether oxygens (including phenoxy) is 1. The monoisotopic (exact) mass is 561 g/mol. The second-order valence-electron chi connectivity index (χ2n) is 12.2. The fraction of sp³-hybridized carbons (Fsp3) is 0.586. The number of amides is 1. The Labute approximate surface area is 232 Å². The predicted octanol–water partition coefficient (Wildman–Crippen LogP) is 4.97. The van der Waals surface area contributed by atoms with E-state index in [2.05, 4.69) is 14.6 Å². The maximum atomic E-state index is 13.2. The van der Waals surface area contributed by atoms with E-state index in [4.69, 9.17) is 4.74 Å². The van der Waals surface area contributed by atoms with Crippen molar-refractivity contribution < 1.29 is 27.9 Å². The van der Waals surface area contributed by atoms with E-state index in [1.165, 1.54) is 32.4 Å². The van der Waals surface area contributed by atoms with Gasteiger partial charge in [0.2, 0.25) is 10.0 Å². The van der Waals surface area contributed by atoms with Gasteiger partial charge in [-0.3, -0.25) is 9.59 Å². The molecule has 0 atom stereocenters. The summed E-state index contributed by atoms with van der Waals surface area (Å²) in [6, 6.07) is 6.77. The summed E-state index contributed by atoms with van der Waals surface area (Å²) in [6.45, 7) is 11.1. The third kappa shape index (κ3) is 7.42. The average molecular weight is 562 g/mol. The molecule has 0 spiro atoms. The van der Waals surface area contributed by atoms with Crippen LogP contribution in [0.5, 0.6) is 5.75 Å². The zero-order chi connectivity index (χ0) is 29.2. The van der Waals surface area contributed by atoms with Gasteiger partial charge in [0, 0.05) is 35.6 Å². The van der Waals surface area contributed by atoms with Crippen molar-refractivity contribution >= 4 is 21.9 Å². The average Bonchev–Trinajstić information content (AvgIpc) is 3.17. The lowest BCUT2D eigenvalue weighted by molar-refractivity contribution is -0.146. The van der Waals surface area contributed by atoms with Crippen LogP contribution in [-0.4, -0.2) is 49.2 Å². The quantitative estimate of drug-likeness (QED) is 0.376. The lowest BCUT2D eigenvalue weighted by Crippen LogP contribution is -2.40. The highest BCUT2D eigenvalue weighted by Crippen LogP contribution is 2.35. The number of nitrogens with zero attached hydrogens (tertiary/aromatic N) is 1. The molecule has 10 heteroatoms. The van der Waals surface area contributed by atoms with Gasteiger partial charge in [-0.25, -0.2) is 13.1 Å². The summed E-state index contributed by atoms with van der Waals surface area (Å²) in [5.41, 5.74) is 0.994. The Hall–Kier alpha value is -2.85. The highest BCUT2D eigenvalue weighted by atomic mass is 32.2. The summed E-state index contributed by atoms with van der Waals surface area (Å²) < 4.78 is 36.4. The van der Waals surface area contributed by atoms with Gasteiger partial charge in [0.25, 0.3) is 5.91 Å². The standard InChI is InChI=1S/C29H43N3O6S/c1-19-22(26(33)30-18-29(5,6)27(34)35)16-23(32(19)17-20-11-9-8-10-12-20)21-13-14-25(24(15-21)38-7)39(36,37)31-28(2,3)4/h13-16,20,31H,8-12,17-18H2,1-7H3,(H,30,33)(H,34,35). The SMILES string of the molecule is COc1cc(-c2cc(C(=O)NCC(C)(C)C(=O)O)c(C)n2CC2CCCCC2)ccc1S(=O)(=O)NC(C)(C)C. The first-order valence-corrected chi connectivity index (χ1v) is 15.0. The molecule has 2 aromatic rings. The highest BCUT2D eigenvalue weighted by Gasteiger charge is 2.30. The van der Waals surface area contributed by atoms with Gasteiger partial charge in [-0.2, -0.15) is 0 Å². The van der Waals surface area contributed by atoms with Crippen molar-refractivity contribution in [2.75, 3.05) is 13.7 Å². The van der Waals surface area contributed by atoms with Gasteiger partial charge in [0.15, 0.2) is 0 Å². The van der Waals surface area contributed by atoms with Gasteiger partial charge < -0.3 is 19.7 Å². The Morgan fingerprint density at radius 3 is 2.28 bits per heavy atom. The lowest BCUT2D eigenvalue weighted by Gasteiger charge is -2.25. The Balaban J connectivity index is 2.05.